The highest BCUT2D eigenvalue weighted by Gasteiger charge is 2.33. The van der Waals surface area contributed by atoms with Crippen molar-refractivity contribution in [3.63, 3.8) is 0 Å². The van der Waals surface area contributed by atoms with Gasteiger partial charge in [-0.1, -0.05) is 19.1 Å². The molecule has 0 bridgehead atoms. The number of nitrogens with zero attached hydrogens (tertiary/aromatic N) is 3. The summed E-state index contributed by atoms with van der Waals surface area (Å²) in [6.07, 6.45) is 2.18. The zero-order valence-corrected chi connectivity index (χ0v) is 14.4. The lowest BCUT2D eigenvalue weighted by atomic mass is 10.2. The van der Waals surface area contributed by atoms with Gasteiger partial charge in [0.2, 0.25) is 5.91 Å². The van der Waals surface area contributed by atoms with E-state index in [1.807, 2.05) is 31.2 Å². The molecule has 1 N–H and O–H groups in total. The van der Waals surface area contributed by atoms with Gasteiger partial charge in [0.1, 0.15) is 6.04 Å². The second-order valence-corrected chi connectivity index (χ2v) is 6.41. The largest absolute Gasteiger partial charge is 0.480 e. The Morgan fingerprint density at radius 3 is 2.40 bits per heavy atom. The van der Waals surface area contributed by atoms with Gasteiger partial charge in [-0.15, -0.1) is 0 Å². The van der Waals surface area contributed by atoms with Crippen molar-refractivity contribution in [2.24, 2.45) is 0 Å². The van der Waals surface area contributed by atoms with Crippen LogP contribution in [0.1, 0.15) is 32.6 Å². The van der Waals surface area contributed by atoms with Crippen LogP contribution in [0.2, 0.25) is 0 Å². The van der Waals surface area contributed by atoms with Crippen molar-refractivity contribution in [1.82, 2.24) is 14.0 Å². The van der Waals surface area contributed by atoms with Gasteiger partial charge in [0, 0.05) is 26.1 Å². The van der Waals surface area contributed by atoms with Crippen LogP contribution < -0.4 is 5.69 Å². The van der Waals surface area contributed by atoms with E-state index in [4.69, 9.17) is 0 Å². The molecule has 1 atom stereocenters. The van der Waals surface area contributed by atoms with E-state index in [2.05, 4.69) is 0 Å². The molecule has 3 rings (SSSR count). The van der Waals surface area contributed by atoms with Crippen LogP contribution in [-0.2, 0) is 22.7 Å². The van der Waals surface area contributed by atoms with Crippen molar-refractivity contribution in [3.05, 3.63) is 34.7 Å². The summed E-state index contributed by atoms with van der Waals surface area (Å²) in [6.45, 7) is 3.38. The third-order valence-corrected chi connectivity index (χ3v) is 4.78. The number of likely N-dealkylation sites (tertiary alicyclic amines) is 1. The number of hydrogen-bond donors (Lipinski definition) is 1. The molecule has 1 aromatic heterocycles. The maximum atomic E-state index is 12.7. The fraction of sp³-hybridized carbons (Fsp3) is 0.500. The minimum atomic E-state index is -0.956. The van der Waals surface area contributed by atoms with Crippen LogP contribution in [-0.4, -0.2) is 43.6 Å². The van der Waals surface area contributed by atoms with Crippen molar-refractivity contribution in [3.8, 4) is 0 Å². The maximum absolute atomic E-state index is 12.7. The molecule has 2 heterocycles. The third-order valence-electron chi connectivity index (χ3n) is 4.78. The summed E-state index contributed by atoms with van der Waals surface area (Å²) in [6, 6.07) is 6.82. The molecule has 0 unspecified atom stereocenters. The van der Waals surface area contributed by atoms with Crippen LogP contribution in [0.25, 0.3) is 11.0 Å². The Morgan fingerprint density at radius 2 is 1.80 bits per heavy atom. The number of carboxylic acid groups (broad SMARTS) is 1. The van der Waals surface area contributed by atoms with E-state index in [9.17, 15) is 19.5 Å². The van der Waals surface area contributed by atoms with Gasteiger partial charge in [0.15, 0.2) is 0 Å². The number of aromatic nitrogens is 2. The first-order chi connectivity index (χ1) is 12.0. The summed E-state index contributed by atoms with van der Waals surface area (Å²) in [7, 11) is 0. The lowest BCUT2D eigenvalue weighted by Gasteiger charge is -2.21. The summed E-state index contributed by atoms with van der Waals surface area (Å²) < 4.78 is 3.35. The molecule has 1 aliphatic heterocycles. The van der Waals surface area contributed by atoms with Crippen LogP contribution in [0, 0.1) is 0 Å². The number of carbonyl (C=O) groups excluding carboxylic acids is 1. The van der Waals surface area contributed by atoms with Crippen molar-refractivity contribution in [1.29, 1.82) is 0 Å². The molecular formula is C18H23N3O4. The number of hydrogen-bond acceptors (Lipinski definition) is 3. The number of aliphatic carboxylic acids is 1. The SMILES string of the molecule is CCCn1c(=O)n(CCC(=O)N2CCC[C@@H]2C(=O)O)c2ccccc21. The molecule has 0 spiro atoms. The highest BCUT2D eigenvalue weighted by atomic mass is 16.4. The quantitative estimate of drug-likeness (QED) is 0.863. The highest BCUT2D eigenvalue weighted by Crippen LogP contribution is 2.19. The zero-order valence-electron chi connectivity index (χ0n) is 14.4. The van der Waals surface area contributed by atoms with E-state index < -0.39 is 12.0 Å². The van der Waals surface area contributed by atoms with E-state index in [0.717, 1.165) is 17.5 Å². The number of rotatable bonds is 6. The summed E-state index contributed by atoms with van der Waals surface area (Å²) in [4.78, 5) is 37.8. The van der Waals surface area contributed by atoms with Crippen LogP contribution in [0.5, 0.6) is 0 Å². The summed E-state index contributed by atoms with van der Waals surface area (Å²) in [5.41, 5.74) is 1.56. The normalized spacial score (nSPS) is 17.3. The minimum Gasteiger partial charge on any atom is -0.480 e. The van der Waals surface area contributed by atoms with Crippen LogP contribution >= 0.6 is 0 Å². The topological polar surface area (TPSA) is 84.5 Å². The Labute approximate surface area is 145 Å². The van der Waals surface area contributed by atoms with Gasteiger partial charge < -0.3 is 10.0 Å². The molecule has 7 heteroatoms. The van der Waals surface area contributed by atoms with Crippen LogP contribution in [0.4, 0.5) is 0 Å². The van der Waals surface area contributed by atoms with E-state index >= 15 is 0 Å². The molecule has 1 aliphatic rings. The Morgan fingerprint density at radius 1 is 1.16 bits per heavy atom. The number of carbonyl (C=O) groups is 2. The first kappa shape index (κ1) is 17.3. The lowest BCUT2D eigenvalue weighted by molar-refractivity contribution is -0.148. The van der Waals surface area contributed by atoms with E-state index in [1.165, 1.54) is 4.90 Å². The Hall–Kier alpha value is -2.57. The number of para-hydroxylation sites is 2. The van der Waals surface area contributed by atoms with Gasteiger partial charge in [-0.3, -0.25) is 13.9 Å². The summed E-state index contributed by atoms with van der Waals surface area (Å²) in [5.74, 6) is -1.16. The van der Waals surface area contributed by atoms with Gasteiger partial charge >= 0.3 is 11.7 Å². The Bertz CT molecular complexity index is 852. The summed E-state index contributed by atoms with van der Waals surface area (Å²) in [5, 5.41) is 9.21. The molecule has 0 radical (unpaired) electrons. The number of benzene rings is 1. The Balaban J connectivity index is 1.82. The summed E-state index contributed by atoms with van der Waals surface area (Å²) >= 11 is 0. The molecule has 25 heavy (non-hydrogen) atoms. The molecule has 1 fully saturated rings. The Kier molecular flexibility index (Phi) is 4.92. The fourth-order valence-electron chi connectivity index (χ4n) is 3.60. The molecular weight excluding hydrogens is 322 g/mol. The molecule has 134 valence electrons. The first-order valence-electron chi connectivity index (χ1n) is 8.75. The molecule has 1 amide bonds. The third kappa shape index (κ3) is 3.18. The maximum Gasteiger partial charge on any atom is 0.329 e. The monoisotopic (exact) mass is 345 g/mol. The molecule has 7 nitrogen and oxygen atoms in total. The smallest absolute Gasteiger partial charge is 0.329 e. The van der Waals surface area contributed by atoms with Crippen LogP contribution in [0.3, 0.4) is 0 Å². The van der Waals surface area contributed by atoms with Crippen LogP contribution in [0.15, 0.2) is 29.1 Å². The number of imidazole rings is 1. The second kappa shape index (κ2) is 7.13. The average Bonchev–Trinajstić information content (AvgIpc) is 3.18. The fourth-order valence-corrected chi connectivity index (χ4v) is 3.60. The van der Waals surface area contributed by atoms with Crippen molar-refractivity contribution in [2.45, 2.75) is 51.7 Å². The van der Waals surface area contributed by atoms with E-state index in [-0.39, 0.29) is 24.6 Å². The average molecular weight is 345 g/mol. The van der Waals surface area contributed by atoms with Gasteiger partial charge in [0.25, 0.3) is 0 Å². The first-order valence-corrected chi connectivity index (χ1v) is 8.75. The highest BCUT2D eigenvalue weighted by molar-refractivity contribution is 5.84. The second-order valence-electron chi connectivity index (χ2n) is 6.41. The van der Waals surface area contributed by atoms with Crippen molar-refractivity contribution >= 4 is 22.9 Å². The number of fused-ring (bicyclic) bond motifs is 1. The van der Waals surface area contributed by atoms with Crippen molar-refractivity contribution < 1.29 is 14.7 Å². The van der Waals surface area contributed by atoms with Gasteiger partial charge in [-0.05, 0) is 31.4 Å². The zero-order chi connectivity index (χ0) is 18.0. The van der Waals surface area contributed by atoms with E-state index in [1.54, 1.807) is 9.13 Å². The molecule has 2 aromatic rings. The lowest BCUT2D eigenvalue weighted by Crippen LogP contribution is -2.41. The number of carboxylic acids is 1. The minimum absolute atomic E-state index is 0.118. The molecule has 0 saturated carbocycles. The van der Waals surface area contributed by atoms with Gasteiger partial charge in [-0.2, -0.15) is 0 Å². The number of amides is 1. The number of aryl methyl sites for hydroxylation is 2. The van der Waals surface area contributed by atoms with Gasteiger partial charge in [-0.25, -0.2) is 9.59 Å². The molecule has 1 aromatic carbocycles. The standard InChI is InChI=1S/C18H23N3O4/c1-2-10-20-13-6-3-4-7-14(13)21(18(20)25)12-9-16(22)19-11-5-8-15(19)17(23)24/h3-4,6-7,15H,2,5,8-12H2,1H3,(H,23,24)/t15-/m1/s1. The van der Waals surface area contributed by atoms with Crippen molar-refractivity contribution in [2.75, 3.05) is 6.54 Å². The van der Waals surface area contributed by atoms with E-state index in [0.29, 0.717) is 25.9 Å². The van der Waals surface area contributed by atoms with Gasteiger partial charge in [0.05, 0.1) is 11.0 Å². The molecule has 0 aliphatic carbocycles. The predicted molar refractivity (Wildman–Crippen MR) is 93.5 cm³/mol. The molecule has 1 saturated heterocycles. The predicted octanol–water partition coefficient (Wildman–Crippen LogP) is 1.68.